The molecule has 21 heavy (non-hydrogen) atoms. The van der Waals surface area contributed by atoms with Gasteiger partial charge in [0.25, 0.3) is 0 Å². The normalized spacial score (nSPS) is 12.0. The summed E-state index contributed by atoms with van der Waals surface area (Å²) in [6.07, 6.45) is 0. The summed E-state index contributed by atoms with van der Waals surface area (Å²) in [7, 11) is 0. The van der Waals surface area contributed by atoms with E-state index in [0.29, 0.717) is 12.1 Å². The highest BCUT2D eigenvalue weighted by molar-refractivity contribution is 7.10. The quantitative estimate of drug-likeness (QED) is 0.792. The van der Waals surface area contributed by atoms with Gasteiger partial charge in [-0.3, -0.25) is 4.90 Å². The topological polar surface area (TPSA) is 28.2 Å². The van der Waals surface area contributed by atoms with Gasteiger partial charge in [0.2, 0.25) is 0 Å². The second-order valence-corrected chi connectivity index (χ2v) is 7.82. The number of thiophene rings is 1. The number of thiazole rings is 1. The first-order chi connectivity index (χ1) is 10.0. The molecule has 2 aromatic heterocycles. The van der Waals surface area contributed by atoms with Gasteiger partial charge in [-0.15, -0.1) is 22.7 Å². The van der Waals surface area contributed by atoms with Crippen molar-refractivity contribution in [3.8, 4) is 0 Å². The molecule has 0 bridgehead atoms. The minimum Gasteiger partial charge on any atom is -0.308 e. The lowest BCUT2D eigenvalue weighted by atomic mass is 10.2. The molecular formula is C16H25N3S2. The van der Waals surface area contributed by atoms with Gasteiger partial charge in [-0.05, 0) is 25.3 Å². The summed E-state index contributed by atoms with van der Waals surface area (Å²) in [4.78, 5) is 8.64. The Morgan fingerprint density at radius 1 is 1.19 bits per heavy atom. The molecule has 0 aliphatic rings. The Morgan fingerprint density at radius 2 is 2.00 bits per heavy atom. The predicted octanol–water partition coefficient (Wildman–Crippen LogP) is 4.11. The molecule has 0 fully saturated rings. The van der Waals surface area contributed by atoms with E-state index in [1.807, 2.05) is 11.3 Å². The highest BCUT2D eigenvalue weighted by Crippen LogP contribution is 2.18. The minimum atomic E-state index is 0.503. The second-order valence-electron chi connectivity index (χ2n) is 5.85. The van der Waals surface area contributed by atoms with Crippen molar-refractivity contribution >= 4 is 22.7 Å². The molecule has 0 saturated heterocycles. The van der Waals surface area contributed by atoms with Crippen molar-refractivity contribution in [2.24, 2.45) is 0 Å². The van der Waals surface area contributed by atoms with E-state index in [2.05, 4.69) is 60.8 Å². The molecule has 116 valence electrons. The van der Waals surface area contributed by atoms with Crippen molar-refractivity contribution < 1.29 is 0 Å². The molecule has 0 unspecified atom stereocenters. The molecule has 0 aromatic carbocycles. The summed E-state index contributed by atoms with van der Waals surface area (Å²) in [6, 6.07) is 5.35. The van der Waals surface area contributed by atoms with Crippen LogP contribution in [0, 0.1) is 0 Å². The van der Waals surface area contributed by atoms with Crippen molar-refractivity contribution in [2.75, 3.05) is 0 Å². The number of aromatic nitrogens is 1. The summed E-state index contributed by atoms with van der Waals surface area (Å²) in [5.41, 5.74) is 1.19. The van der Waals surface area contributed by atoms with Gasteiger partial charge in [0.15, 0.2) is 0 Å². The van der Waals surface area contributed by atoms with E-state index in [-0.39, 0.29) is 0 Å². The van der Waals surface area contributed by atoms with Crippen LogP contribution in [-0.2, 0) is 19.6 Å². The molecule has 0 saturated carbocycles. The summed E-state index contributed by atoms with van der Waals surface area (Å²) in [6.45, 7) is 11.6. The van der Waals surface area contributed by atoms with Crippen LogP contribution in [0.3, 0.4) is 0 Å². The maximum Gasteiger partial charge on any atom is 0.107 e. The molecule has 0 aliphatic carbocycles. The van der Waals surface area contributed by atoms with Crippen LogP contribution in [0.25, 0.3) is 0 Å². The van der Waals surface area contributed by atoms with Gasteiger partial charge in [0.05, 0.1) is 5.69 Å². The lowest BCUT2D eigenvalue weighted by molar-refractivity contribution is 0.203. The van der Waals surface area contributed by atoms with Gasteiger partial charge in [-0.2, -0.15) is 0 Å². The van der Waals surface area contributed by atoms with Crippen LogP contribution in [-0.4, -0.2) is 22.0 Å². The molecule has 2 rings (SSSR count). The van der Waals surface area contributed by atoms with Gasteiger partial charge in [0.1, 0.15) is 5.01 Å². The van der Waals surface area contributed by atoms with Crippen LogP contribution < -0.4 is 5.32 Å². The maximum atomic E-state index is 4.75. The van der Waals surface area contributed by atoms with E-state index in [0.717, 1.165) is 19.6 Å². The second kappa shape index (κ2) is 8.03. The molecule has 2 heterocycles. The van der Waals surface area contributed by atoms with E-state index >= 15 is 0 Å². The molecule has 5 heteroatoms. The molecule has 0 aliphatic heterocycles. The molecule has 0 atom stereocenters. The zero-order chi connectivity index (χ0) is 15.2. The summed E-state index contributed by atoms with van der Waals surface area (Å²) in [5.74, 6) is 0. The van der Waals surface area contributed by atoms with Crippen LogP contribution in [0.2, 0.25) is 0 Å². The SMILES string of the molecule is CC(C)NCc1nc(CN(Cc2cccs2)C(C)C)cs1. The standard InChI is InChI=1S/C16H25N3S2/c1-12(2)17-8-16-18-14(11-21-16)9-19(13(3)4)10-15-6-5-7-20-15/h5-7,11-13,17H,8-10H2,1-4H3. The summed E-state index contributed by atoms with van der Waals surface area (Å²) in [5, 5.41) is 8.94. The van der Waals surface area contributed by atoms with Crippen LogP contribution in [0.15, 0.2) is 22.9 Å². The zero-order valence-electron chi connectivity index (χ0n) is 13.3. The molecule has 1 N–H and O–H groups in total. The van der Waals surface area contributed by atoms with Gasteiger partial charge in [-0.1, -0.05) is 19.9 Å². The van der Waals surface area contributed by atoms with Gasteiger partial charge >= 0.3 is 0 Å². The predicted molar refractivity (Wildman–Crippen MR) is 92.8 cm³/mol. The lowest BCUT2D eigenvalue weighted by Gasteiger charge is -2.25. The Bertz CT molecular complexity index is 517. The number of rotatable bonds is 8. The van der Waals surface area contributed by atoms with Crippen molar-refractivity contribution in [3.05, 3.63) is 38.5 Å². The Labute approximate surface area is 136 Å². The third kappa shape index (κ3) is 5.51. The molecule has 0 spiro atoms. The molecule has 0 amide bonds. The average molecular weight is 324 g/mol. The lowest BCUT2D eigenvalue weighted by Crippen LogP contribution is -2.29. The molecule has 0 radical (unpaired) electrons. The molecular weight excluding hydrogens is 298 g/mol. The van der Waals surface area contributed by atoms with E-state index < -0.39 is 0 Å². The Balaban J connectivity index is 1.94. The highest BCUT2D eigenvalue weighted by atomic mass is 32.1. The van der Waals surface area contributed by atoms with Crippen LogP contribution >= 0.6 is 22.7 Å². The maximum absolute atomic E-state index is 4.75. The first kappa shape index (κ1) is 16.6. The monoisotopic (exact) mass is 323 g/mol. The van der Waals surface area contributed by atoms with E-state index in [4.69, 9.17) is 4.98 Å². The summed E-state index contributed by atoms with van der Waals surface area (Å²) < 4.78 is 0. The Hall–Kier alpha value is -0.750. The van der Waals surface area contributed by atoms with Gasteiger partial charge in [0, 0.05) is 42.0 Å². The average Bonchev–Trinajstić information content (AvgIpc) is 3.07. The van der Waals surface area contributed by atoms with Crippen molar-refractivity contribution in [3.63, 3.8) is 0 Å². The number of hydrogen-bond donors (Lipinski definition) is 1. The minimum absolute atomic E-state index is 0.503. The van der Waals surface area contributed by atoms with Crippen LogP contribution in [0.5, 0.6) is 0 Å². The third-order valence-corrected chi connectivity index (χ3v) is 5.05. The first-order valence-corrected chi connectivity index (χ1v) is 9.23. The zero-order valence-corrected chi connectivity index (χ0v) is 14.9. The fraction of sp³-hybridized carbons (Fsp3) is 0.562. The van der Waals surface area contributed by atoms with Crippen molar-refractivity contribution in [1.82, 2.24) is 15.2 Å². The number of nitrogens with one attached hydrogen (secondary N) is 1. The van der Waals surface area contributed by atoms with Gasteiger partial charge < -0.3 is 5.32 Å². The molecule has 2 aromatic rings. The van der Waals surface area contributed by atoms with Crippen molar-refractivity contribution in [1.29, 1.82) is 0 Å². The first-order valence-electron chi connectivity index (χ1n) is 7.47. The fourth-order valence-electron chi connectivity index (χ4n) is 2.03. The highest BCUT2D eigenvalue weighted by Gasteiger charge is 2.13. The number of hydrogen-bond acceptors (Lipinski definition) is 5. The largest absolute Gasteiger partial charge is 0.308 e. The van der Waals surface area contributed by atoms with E-state index in [1.165, 1.54) is 15.6 Å². The number of nitrogens with zero attached hydrogens (tertiary/aromatic N) is 2. The van der Waals surface area contributed by atoms with Gasteiger partial charge in [-0.25, -0.2) is 4.98 Å². The third-order valence-electron chi connectivity index (χ3n) is 3.30. The Kier molecular flexibility index (Phi) is 6.36. The Morgan fingerprint density at radius 3 is 2.62 bits per heavy atom. The van der Waals surface area contributed by atoms with E-state index in [9.17, 15) is 0 Å². The van der Waals surface area contributed by atoms with Crippen molar-refractivity contribution in [2.45, 2.75) is 59.4 Å². The smallest absolute Gasteiger partial charge is 0.107 e. The van der Waals surface area contributed by atoms with Crippen LogP contribution in [0.4, 0.5) is 0 Å². The summed E-state index contributed by atoms with van der Waals surface area (Å²) >= 11 is 3.58. The molecule has 3 nitrogen and oxygen atoms in total. The van der Waals surface area contributed by atoms with Crippen LogP contribution in [0.1, 0.15) is 43.3 Å². The fourth-order valence-corrected chi connectivity index (χ4v) is 3.49. The van der Waals surface area contributed by atoms with E-state index in [1.54, 1.807) is 11.3 Å².